The summed E-state index contributed by atoms with van der Waals surface area (Å²) in [4.78, 5) is 8.32. The highest BCUT2D eigenvalue weighted by molar-refractivity contribution is 7.92. The van der Waals surface area contributed by atoms with Gasteiger partial charge in [-0.2, -0.15) is 4.98 Å². The van der Waals surface area contributed by atoms with Gasteiger partial charge in [0.15, 0.2) is 5.82 Å². The van der Waals surface area contributed by atoms with Crippen molar-refractivity contribution in [1.29, 1.82) is 0 Å². The second-order valence-corrected chi connectivity index (χ2v) is 9.27. The van der Waals surface area contributed by atoms with Crippen LogP contribution in [-0.2, 0) is 16.4 Å². The quantitative estimate of drug-likeness (QED) is 0.295. The van der Waals surface area contributed by atoms with Crippen molar-refractivity contribution in [3.63, 3.8) is 0 Å². The fraction of sp³-hybridized carbons (Fsp3) is 0.136. The van der Waals surface area contributed by atoms with E-state index in [9.17, 15) is 8.42 Å². The Morgan fingerprint density at radius 1 is 1.00 bits per heavy atom. The van der Waals surface area contributed by atoms with Crippen LogP contribution in [-0.4, -0.2) is 23.5 Å². The average Bonchev–Trinajstić information content (AvgIpc) is 3.18. The van der Waals surface area contributed by atoms with Crippen LogP contribution in [0.2, 0.25) is 5.02 Å². The summed E-state index contributed by atoms with van der Waals surface area (Å²) in [7, 11) is -3.64. The van der Waals surface area contributed by atoms with Gasteiger partial charge >= 0.3 is 0 Å². The largest absolute Gasteiger partial charge is 0.399 e. The summed E-state index contributed by atoms with van der Waals surface area (Å²) in [6.45, 7) is 3.68. The highest BCUT2D eigenvalue weighted by Gasteiger charge is 2.16. The maximum absolute atomic E-state index is 11.9. The SMILES string of the molecule is CCc1nc(N)nc(N)c1-c1ccc(Cl)cc1.Cc1cc(NS(=O)(=O)c2ccc(N)cc2)no1. The number of nitrogen functional groups attached to an aromatic ring is 3. The molecule has 0 unspecified atom stereocenters. The molecule has 0 aliphatic rings. The van der Waals surface area contributed by atoms with Gasteiger partial charge < -0.3 is 21.7 Å². The Morgan fingerprint density at radius 2 is 1.65 bits per heavy atom. The van der Waals surface area contributed by atoms with E-state index < -0.39 is 10.0 Å². The number of halogens is 1. The Labute approximate surface area is 202 Å². The Bertz CT molecular complexity index is 1370. The number of nitrogens with two attached hydrogens (primary N) is 3. The molecule has 2 aromatic heterocycles. The average molecular weight is 502 g/mol. The van der Waals surface area contributed by atoms with Gasteiger partial charge in [0.1, 0.15) is 11.6 Å². The number of benzene rings is 2. The molecule has 178 valence electrons. The molecule has 0 bridgehead atoms. The zero-order chi connectivity index (χ0) is 24.9. The molecule has 0 spiro atoms. The lowest BCUT2D eigenvalue weighted by Crippen LogP contribution is -2.13. The van der Waals surface area contributed by atoms with Gasteiger partial charge in [-0.25, -0.2) is 13.4 Å². The fourth-order valence-electron chi connectivity index (χ4n) is 2.99. The molecule has 0 fully saturated rings. The van der Waals surface area contributed by atoms with Crippen molar-refractivity contribution >= 4 is 44.9 Å². The van der Waals surface area contributed by atoms with Crippen LogP contribution in [0.15, 0.2) is 64.0 Å². The summed E-state index contributed by atoms with van der Waals surface area (Å²) in [6.07, 6.45) is 0.745. The van der Waals surface area contributed by atoms with E-state index in [1.807, 2.05) is 31.2 Å². The van der Waals surface area contributed by atoms with Crippen molar-refractivity contribution in [3.8, 4) is 11.1 Å². The number of nitrogens with zero attached hydrogens (tertiary/aromatic N) is 3. The van der Waals surface area contributed by atoms with E-state index in [2.05, 4.69) is 19.8 Å². The van der Waals surface area contributed by atoms with Crippen LogP contribution >= 0.6 is 11.6 Å². The van der Waals surface area contributed by atoms with Gasteiger partial charge in [0.05, 0.1) is 10.6 Å². The van der Waals surface area contributed by atoms with E-state index >= 15 is 0 Å². The molecule has 10 nitrogen and oxygen atoms in total. The standard InChI is InChI=1S/C12H13ClN4.C10H11N3O3S/c1-2-9-10(11(14)17-12(15)16-9)7-3-5-8(13)6-4-7;1-7-6-10(12-16-7)13-17(14,15)9-4-2-8(11)3-5-9/h3-6H,2H2,1H3,(H4,14,15,16,17);2-6H,11H2,1H3,(H,12,13). The molecule has 7 N–H and O–H groups in total. The number of hydrogen-bond acceptors (Lipinski definition) is 9. The molecule has 0 aliphatic carbocycles. The molecule has 0 saturated heterocycles. The number of aryl methyl sites for hydroxylation is 2. The van der Waals surface area contributed by atoms with Gasteiger partial charge in [-0.1, -0.05) is 35.8 Å². The lowest BCUT2D eigenvalue weighted by atomic mass is 10.0. The Morgan fingerprint density at radius 3 is 2.21 bits per heavy atom. The number of sulfonamides is 1. The molecule has 0 amide bonds. The smallest absolute Gasteiger partial charge is 0.263 e. The Kier molecular flexibility index (Phi) is 7.59. The van der Waals surface area contributed by atoms with Crippen LogP contribution in [0.25, 0.3) is 11.1 Å². The lowest BCUT2D eigenvalue weighted by molar-refractivity contribution is 0.400. The highest BCUT2D eigenvalue weighted by atomic mass is 35.5. The van der Waals surface area contributed by atoms with Crippen LogP contribution in [0.1, 0.15) is 18.4 Å². The van der Waals surface area contributed by atoms with Crippen LogP contribution in [0, 0.1) is 6.92 Å². The first kappa shape index (κ1) is 24.8. The summed E-state index contributed by atoms with van der Waals surface area (Å²) in [5, 5.41) is 4.24. The van der Waals surface area contributed by atoms with Gasteiger partial charge in [0, 0.05) is 22.3 Å². The van der Waals surface area contributed by atoms with Crippen molar-refractivity contribution in [3.05, 3.63) is 71.1 Å². The van der Waals surface area contributed by atoms with Crippen LogP contribution in [0.5, 0.6) is 0 Å². The molecule has 0 radical (unpaired) electrons. The van der Waals surface area contributed by atoms with E-state index in [-0.39, 0.29) is 16.7 Å². The third-order valence-electron chi connectivity index (χ3n) is 4.55. The van der Waals surface area contributed by atoms with Crippen molar-refractivity contribution in [1.82, 2.24) is 15.1 Å². The van der Waals surface area contributed by atoms with Crippen molar-refractivity contribution in [2.24, 2.45) is 0 Å². The van der Waals surface area contributed by atoms with Crippen LogP contribution < -0.4 is 21.9 Å². The van der Waals surface area contributed by atoms with Crippen LogP contribution in [0.4, 0.5) is 23.3 Å². The number of rotatable bonds is 5. The molecule has 2 heterocycles. The molecule has 12 heteroatoms. The molecular formula is C22H24ClN7O3S. The third kappa shape index (κ3) is 6.15. The van der Waals surface area contributed by atoms with Crippen molar-refractivity contribution in [2.45, 2.75) is 25.2 Å². The van der Waals surface area contributed by atoms with E-state index in [0.717, 1.165) is 23.2 Å². The summed E-state index contributed by atoms with van der Waals surface area (Å²) >= 11 is 5.86. The minimum atomic E-state index is -3.64. The highest BCUT2D eigenvalue weighted by Crippen LogP contribution is 2.29. The summed E-state index contributed by atoms with van der Waals surface area (Å²) in [6, 6.07) is 14.8. The van der Waals surface area contributed by atoms with Gasteiger partial charge in [-0.15, -0.1) is 0 Å². The molecule has 2 aromatic carbocycles. The molecule has 4 rings (SSSR count). The van der Waals surface area contributed by atoms with E-state index in [4.69, 9.17) is 33.3 Å². The van der Waals surface area contributed by atoms with Gasteiger partial charge in [-0.05, 0) is 55.3 Å². The summed E-state index contributed by atoms with van der Waals surface area (Å²) in [5.41, 5.74) is 20.1. The molecule has 4 aromatic rings. The van der Waals surface area contributed by atoms with Gasteiger partial charge in [-0.3, -0.25) is 4.72 Å². The maximum atomic E-state index is 11.9. The second kappa shape index (κ2) is 10.4. The number of anilines is 4. The summed E-state index contributed by atoms with van der Waals surface area (Å²) in [5.74, 6) is 1.29. The van der Waals surface area contributed by atoms with Gasteiger partial charge in [0.25, 0.3) is 10.0 Å². The molecular weight excluding hydrogens is 478 g/mol. The Balaban J connectivity index is 0.000000191. The monoisotopic (exact) mass is 501 g/mol. The number of nitrogens with one attached hydrogen (secondary N) is 1. The van der Waals surface area contributed by atoms with Crippen molar-refractivity contribution in [2.75, 3.05) is 21.9 Å². The number of hydrogen-bond donors (Lipinski definition) is 4. The van der Waals surface area contributed by atoms with Crippen LogP contribution in [0.3, 0.4) is 0 Å². The predicted octanol–water partition coefficient (Wildman–Crippen LogP) is 3.89. The predicted molar refractivity (Wildman–Crippen MR) is 134 cm³/mol. The first-order valence-electron chi connectivity index (χ1n) is 10.1. The van der Waals surface area contributed by atoms with E-state index in [1.165, 1.54) is 30.3 Å². The molecule has 34 heavy (non-hydrogen) atoms. The maximum Gasteiger partial charge on any atom is 0.263 e. The minimum absolute atomic E-state index is 0.118. The molecule has 0 aliphatic heterocycles. The van der Waals surface area contributed by atoms with Gasteiger partial charge in [0.2, 0.25) is 5.95 Å². The van der Waals surface area contributed by atoms with Crippen molar-refractivity contribution < 1.29 is 12.9 Å². The fourth-order valence-corrected chi connectivity index (χ4v) is 4.10. The second-order valence-electron chi connectivity index (χ2n) is 7.15. The Hall–Kier alpha value is -3.83. The minimum Gasteiger partial charge on any atom is -0.399 e. The third-order valence-corrected chi connectivity index (χ3v) is 6.18. The first-order chi connectivity index (χ1) is 16.1. The molecule has 0 saturated carbocycles. The van der Waals surface area contributed by atoms with E-state index in [1.54, 1.807) is 6.92 Å². The lowest BCUT2D eigenvalue weighted by Gasteiger charge is -2.10. The molecule has 0 atom stereocenters. The topological polar surface area (TPSA) is 176 Å². The zero-order valence-corrected chi connectivity index (χ0v) is 20.1. The summed E-state index contributed by atoms with van der Waals surface area (Å²) < 4.78 is 30.8. The normalized spacial score (nSPS) is 10.9. The number of aromatic nitrogens is 3. The van der Waals surface area contributed by atoms with E-state index in [0.29, 0.717) is 22.3 Å². The zero-order valence-electron chi connectivity index (χ0n) is 18.5. The first-order valence-corrected chi connectivity index (χ1v) is 11.9.